The van der Waals surface area contributed by atoms with Crippen LogP contribution in [0.5, 0.6) is 0 Å². The van der Waals surface area contributed by atoms with Crippen LogP contribution in [-0.4, -0.2) is 11.1 Å². The molecule has 0 aliphatic rings. The predicted molar refractivity (Wildman–Crippen MR) is 59.4 cm³/mol. The van der Waals surface area contributed by atoms with E-state index in [4.69, 9.17) is 10.8 Å². The van der Waals surface area contributed by atoms with Crippen LogP contribution < -0.4 is 5.73 Å². The monoisotopic (exact) mass is 225 g/mol. The fourth-order valence-electron chi connectivity index (χ4n) is 1.58. The van der Waals surface area contributed by atoms with Gasteiger partial charge in [0.2, 0.25) is 0 Å². The number of aliphatic carboxylic acids is 1. The van der Waals surface area contributed by atoms with Gasteiger partial charge in [0.05, 0.1) is 0 Å². The van der Waals surface area contributed by atoms with Gasteiger partial charge in [-0.2, -0.15) is 0 Å². The fourth-order valence-corrected chi connectivity index (χ4v) is 1.58. The van der Waals surface area contributed by atoms with Gasteiger partial charge in [-0.3, -0.25) is 0 Å². The quantitative estimate of drug-likeness (QED) is 0.807. The summed E-state index contributed by atoms with van der Waals surface area (Å²) in [6, 6.07) is 5.32. The van der Waals surface area contributed by atoms with Crippen molar-refractivity contribution in [1.82, 2.24) is 0 Å². The van der Waals surface area contributed by atoms with E-state index in [9.17, 15) is 9.18 Å². The molecule has 3 N–H and O–H groups in total. The maximum Gasteiger partial charge on any atom is 0.328 e. The highest BCUT2D eigenvalue weighted by Gasteiger charge is 2.35. The van der Waals surface area contributed by atoms with Crippen LogP contribution in [0.1, 0.15) is 31.7 Å². The minimum atomic E-state index is -1.41. The Hall–Kier alpha value is -1.42. The number of rotatable bonds is 5. The summed E-state index contributed by atoms with van der Waals surface area (Å²) >= 11 is 0. The minimum absolute atomic E-state index is 0.352. The number of carboxylic acids is 1. The normalized spacial score (nSPS) is 14.4. The molecule has 0 saturated carbocycles. The van der Waals surface area contributed by atoms with E-state index in [-0.39, 0.29) is 0 Å². The molecule has 0 bridgehead atoms. The van der Waals surface area contributed by atoms with Crippen molar-refractivity contribution in [3.63, 3.8) is 0 Å². The molecule has 3 nitrogen and oxygen atoms in total. The number of unbranched alkanes of at least 4 members (excludes halogenated alkanes) is 1. The molecule has 0 amide bonds. The van der Waals surface area contributed by atoms with Crippen molar-refractivity contribution in [2.24, 2.45) is 5.73 Å². The lowest BCUT2D eigenvalue weighted by molar-refractivity contribution is -0.144. The fraction of sp³-hybridized carbons (Fsp3) is 0.417. The molecule has 1 aromatic rings. The van der Waals surface area contributed by atoms with Crippen molar-refractivity contribution in [2.75, 3.05) is 0 Å². The molecule has 1 rings (SSSR count). The van der Waals surface area contributed by atoms with Crippen molar-refractivity contribution in [2.45, 2.75) is 31.7 Å². The zero-order valence-corrected chi connectivity index (χ0v) is 9.24. The van der Waals surface area contributed by atoms with Crippen molar-refractivity contribution in [1.29, 1.82) is 0 Å². The lowest BCUT2D eigenvalue weighted by Crippen LogP contribution is -2.44. The number of hydrogen-bond acceptors (Lipinski definition) is 2. The van der Waals surface area contributed by atoms with Gasteiger partial charge < -0.3 is 10.8 Å². The molecule has 16 heavy (non-hydrogen) atoms. The van der Waals surface area contributed by atoms with Gasteiger partial charge in [-0.1, -0.05) is 31.9 Å². The summed E-state index contributed by atoms with van der Waals surface area (Å²) < 4.78 is 12.7. The van der Waals surface area contributed by atoms with Crippen molar-refractivity contribution >= 4 is 5.97 Å². The van der Waals surface area contributed by atoms with Crippen molar-refractivity contribution in [3.8, 4) is 0 Å². The Balaban J connectivity index is 3.01. The van der Waals surface area contributed by atoms with Crippen LogP contribution in [0.3, 0.4) is 0 Å². The summed E-state index contributed by atoms with van der Waals surface area (Å²) in [5.41, 5.74) is 4.90. The molecule has 0 aromatic heterocycles. The molecular weight excluding hydrogens is 209 g/mol. The maximum atomic E-state index is 12.7. The zero-order chi connectivity index (χ0) is 12.2. The molecule has 0 saturated heterocycles. The third-order valence-corrected chi connectivity index (χ3v) is 2.67. The molecule has 88 valence electrons. The summed E-state index contributed by atoms with van der Waals surface area (Å²) in [6.07, 6.45) is 1.94. The summed E-state index contributed by atoms with van der Waals surface area (Å²) in [5, 5.41) is 9.16. The van der Waals surface area contributed by atoms with Gasteiger partial charge in [0, 0.05) is 0 Å². The third kappa shape index (κ3) is 2.58. The summed E-state index contributed by atoms with van der Waals surface area (Å²) in [4.78, 5) is 11.2. The Morgan fingerprint density at radius 3 is 2.44 bits per heavy atom. The van der Waals surface area contributed by atoms with E-state index in [1.807, 2.05) is 6.92 Å². The van der Waals surface area contributed by atoms with E-state index >= 15 is 0 Å². The van der Waals surface area contributed by atoms with E-state index in [0.29, 0.717) is 12.0 Å². The van der Waals surface area contributed by atoms with E-state index < -0.39 is 17.3 Å². The molecular formula is C12H16FNO2. The summed E-state index contributed by atoms with van der Waals surface area (Å²) in [5.74, 6) is -1.47. The zero-order valence-electron chi connectivity index (χ0n) is 9.24. The van der Waals surface area contributed by atoms with Crippen LogP contribution >= 0.6 is 0 Å². The highest BCUT2D eigenvalue weighted by Crippen LogP contribution is 2.25. The molecule has 4 heteroatoms. The van der Waals surface area contributed by atoms with Crippen LogP contribution in [0.25, 0.3) is 0 Å². The van der Waals surface area contributed by atoms with Gasteiger partial charge in [0.1, 0.15) is 11.4 Å². The molecule has 1 aromatic carbocycles. The second-order valence-electron chi connectivity index (χ2n) is 3.89. The van der Waals surface area contributed by atoms with Crippen LogP contribution in [-0.2, 0) is 10.3 Å². The van der Waals surface area contributed by atoms with Crippen LogP contribution in [0.15, 0.2) is 24.3 Å². The van der Waals surface area contributed by atoms with Crippen LogP contribution in [0.4, 0.5) is 4.39 Å². The average molecular weight is 225 g/mol. The Labute approximate surface area is 94.1 Å². The number of halogens is 1. The number of benzene rings is 1. The molecule has 0 aliphatic heterocycles. The number of carboxylic acid groups (broad SMARTS) is 1. The van der Waals surface area contributed by atoms with Gasteiger partial charge in [-0.15, -0.1) is 0 Å². The Bertz CT molecular complexity index is 364. The predicted octanol–water partition coefficient (Wildman–Crippen LogP) is 2.25. The molecule has 1 atom stereocenters. The first kappa shape index (κ1) is 12.6. The number of nitrogens with two attached hydrogens (primary N) is 1. The molecule has 0 unspecified atom stereocenters. The van der Waals surface area contributed by atoms with Gasteiger partial charge in [-0.25, -0.2) is 9.18 Å². The first-order valence-electron chi connectivity index (χ1n) is 5.29. The minimum Gasteiger partial charge on any atom is -0.480 e. The van der Waals surface area contributed by atoms with E-state index in [1.165, 1.54) is 24.3 Å². The standard InChI is InChI=1S/C12H16FNO2/c1-2-3-8-12(14,11(15)16)9-4-6-10(13)7-5-9/h4-7H,2-3,8,14H2,1H3,(H,15,16)/t12-/m0/s1. The van der Waals surface area contributed by atoms with Gasteiger partial charge in [-0.05, 0) is 24.1 Å². The Morgan fingerprint density at radius 2 is 2.00 bits per heavy atom. The molecule has 0 heterocycles. The smallest absolute Gasteiger partial charge is 0.328 e. The highest BCUT2D eigenvalue weighted by atomic mass is 19.1. The van der Waals surface area contributed by atoms with Crippen molar-refractivity contribution < 1.29 is 14.3 Å². The summed E-state index contributed by atoms with van der Waals surface area (Å²) in [6.45, 7) is 1.97. The van der Waals surface area contributed by atoms with E-state index in [2.05, 4.69) is 0 Å². The molecule has 0 radical (unpaired) electrons. The van der Waals surface area contributed by atoms with Crippen molar-refractivity contribution in [3.05, 3.63) is 35.6 Å². The van der Waals surface area contributed by atoms with Gasteiger partial charge in [0.15, 0.2) is 0 Å². The van der Waals surface area contributed by atoms with Crippen LogP contribution in [0.2, 0.25) is 0 Å². The second-order valence-corrected chi connectivity index (χ2v) is 3.89. The Kier molecular flexibility index (Phi) is 4.01. The molecule has 0 aliphatic carbocycles. The second kappa shape index (κ2) is 5.07. The van der Waals surface area contributed by atoms with Gasteiger partial charge in [0.25, 0.3) is 0 Å². The maximum absolute atomic E-state index is 12.7. The van der Waals surface area contributed by atoms with E-state index in [1.54, 1.807) is 0 Å². The molecule has 0 fully saturated rings. The Morgan fingerprint density at radius 1 is 1.44 bits per heavy atom. The number of carbonyl (C=O) groups is 1. The first-order chi connectivity index (χ1) is 7.50. The van der Waals surface area contributed by atoms with E-state index in [0.717, 1.165) is 12.8 Å². The SMILES string of the molecule is CCCC[C@@](N)(C(=O)O)c1ccc(F)cc1. The lowest BCUT2D eigenvalue weighted by atomic mass is 9.86. The number of hydrogen-bond donors (Lipinski definition) is 2. The molecule has 0 spiro atoms. The largest absolute Gasteiger partial charge is 0.480 e. The lowest BCUT2D eigenvalue weighted by Gasteiger charge is -2.25. The van der Waals surface area contributed by atoms with Crippen LogP contribution in [0, 0.1) is 5.82 Å². The third-order valence-electron chi connectivity index (χ3n) is 2.67. The first-order valence-corrected chi connectivity index (χ1v) is 5.29. The highest BCUT2D eigenvalue weighted by molar-refractivity contribution is 5.80. The average Bonchev–Trinajstić information content (AvgIpc) is 2.26. The topological polar surface area (TPSA) is 63.3 Å². The summed E-state index contributed by atoms with van der Waals surface area (Å²) in [7, 11) is 0. The van der Waals surface area contributed by atoms with Gasteiger partial charge >= 0.3 is 5.97 Å².